The molecule has 0 spiro atoms. The highest BCUT2D eigenvalue weighted by atomic mass is 35.5. The molecule has 1 amide bonds. The molecule has 0 aliphatic carbocycles. The number of hydrogen-bond acceptors (Lipinski definition) is 4. The number of carboxylic acids is 1. The average Bonchev–Trinajstić information content (AvgIpc) is 2.80. The molecule has 1 aliphatic rings. The number of aliphatic carboxylic acids is 1. The van der Waals surface area contributed by atoms with E-state index in [1.54, 1.807) is 6.92 Å². The maximum absolute atomic E-state index is 12.3. The van der Waals surface area contributed by atoms with Crippen molar-refractivity contribution in [1.82, 2.24) is 4.90 Å². The summed E-state index contributed by atoms with van der Waals surface area (Å²) in [6, 6.07) is 3.81. The molecule has 1 aliphatic heterocycles. The first-order valence-electron chi connectivity index (χ1n) is 6.27. The minimum atomic E-state index is -0.945. The molecular weight excluding hydrogens is 300 g/mol. The summed E-state index contributed by atoms with van der Waals surface area (Å²) in [6.07, 6.45) is 0. The first-order chi connectivity index (χ1) is 9.81. The number of nitrogens with zero attached hydrogens (tertiary/aromatic N) is 2. The first-order valence-corrected chi connectivity index (χ1v) is 6.65. The Labute approximate surface area is 125 Å². The third-order valence-electron chi connectivity index (χ3n) is 3.61. The Morgan fingerprint density at radius 2 is 2.10 bits per heavy atom. The fourth-order valence-electron chi connectivity index (χ4n) is 2.42. The summed E-state index contributed by atoms with van der Waals surface area (Å²) >= 11 is 5.70. The van der Waals surface area contributed by atoms with E-state index in [-0.39, 0.29) is 28.7 Å². The monoisotopic (exact) mass is 312 g/mol. The predicted molar refractivity (Wildman–Crippen MR) is 74.3 cm³/mol. The Morgan fingerprint density at radius 1 is 1.43 bits per heavy atom. The number of benzene rings is 1. The molecule has 2 rings (SSSR count). The molecule has 1 saturated heterocycles. The van der Waals surface area contributed by atoms with Crippen LogP contribution in [-0.4, -0.2) is 39.9 Å². The smallest absolute Gasteiger partial charge is 0.308 e. The van der Waals surface area contributed by atoms with Gasteiger partial charge in [0.15, 0.2) is 0 Å². The molecule has 21 heavy (non-hydrogen) atoms. The second-order valence-corrected chi connectivity index (χ2v) is 5.46. The maximum atomic E-state index is 12.3. The van der Waals surface area contributed by atoms with Crippen LogP contribution in [-0.2, 0) is 4.79 Å². The number of likely N-dealkylation sites (tertiary alicyclic amines) is 1. The number of carbonyl (C=O) groups is 2. The van der Waals surface area contributed by atoms with Crippen LogP contribution in [0.3, 0.4) is 0 Å². The van der Waals surface area contributed by atoms with Crippen molar-refractivity contribution in [3.8, 4) is 0 Å². The lowest BCUT2D eigenvalue weighted by Gasteiger charge is -2.15. The standard InChI is InChI=1S/C13H13ClN2O5/c1-7-5-15(6-9(7)13(18)19)12(17)8-2-3-10(14)11(4-8)16(20)21/h2-4,7,9H,5-6H2,1H3,(H,18,19). The van der Waals surface area contributed by atoms with Crippen molar-refractivity contribution < 1.29 is 19.6 Å². The van der Waals surface area contributed by atoms with Crippen LogP contribution >= 0.6 is 11.6 Å². The quantitative estimate of drug-likeness (QED) is 0.680. The van der Waals surface area contributed by atoms with Crippen LogP contribution < -0.4 is 0 Å². The molecule has 1 heterocycles. The van der Waals surface area contributed by atoms with Crippen molar-refractivity contribution in [2.24, 2.45) is 11.8 Å². The highest BCUT2D eigenvalue weighted by molar-refractivity contribution is 6.32. The molecule has 1 aromatic rings. The lowest BCUT2D eigenvalue weighted by atomic mass is 9.99. The van der Waals surface area contributed by atoms with Crippen LogP contribution in [0.4, 0.5) is 5.69 Å². The third kappa shape index (κ3) is 2.97. The number of halogens is 1. The molecule has 7 nitrogen and oxygen atoms in total. The van der Waals surface area contributed by atoms with Gasteiger partial charge in [0.1, 0.15) is 5.02 Å². The summed E-state index contributed by atoms with van der Waals surface area (Å²) in [5, 5.41) is 19.8. The van der Waals surface area contributed by atoms with Crippen molar-refractivity contribution in [3.05, 3.63) is 38.9 Å². The predicted octanol–water partition coefficient (Wildman–Crippen LogP) is 2.04. The summed E-state index contributed by atoms with van der Waals surface area (Å²) < 4.78 is 0. The minimum absolute atomic E-state index is 0.0465. The molecule has 1 N–H and O–H groups in total. The zero-order chi connectivity index (χ0) is 15.7. The molecule has 1 aromatic carbocycles. The number of nitro groups is 1. The van der Waals surface area contributed by atoms with Gasteiger partial charge >= 0.3 is 5.97 Å². The Bertz CT molecular complexity index is 619. The van der Waals surface area contributed by atoms with Gasteiger partial charge in [-0.2, -0.15) is 0 Å². The van der Waals surface area contributed by atoms with Crippen LogP contribution in [0.25, 0.3) is 0 Å². The van der Waals surface area contributed by atoms with Gasteiger partial charge in [0.2, 0.25) is 0 Å². The number of carboxylic acid groups (broad SMARTS) is 1. The molecular formula is C13H13ClN2O5. The van der Waals surface area contributed by atoms with Gasteiger partial charge in [-0.15, -0.1) is 0 Å². The van der Waals surface area contributed by atoms with Crippen molar-refractivity contribution in [2.45, 2.75) is 6.92 Å². The number of hydrogen-bond donors (Lipinski definition) is 1. The molecule has 2 atom stereocenters. The van der Waals surface area contributed by atoms with Crippen LogP contribution in [0.2, 0.25) is 5.02 Å². The van der Waals surface area contributed by atoms with Gasteiger partial charge in [0.05, 0.1) is 10.8 Å². The van der Waals surface area contributed by atoms with E-state index in [2.05, 4.69) is 0 Å². The summed E-state index contributed by atoms with van der Waals surface area (Å²) in [7, 11) is 0. The SMILES string of the molecule is CC1CN(C(=O)c2ccc(Cl)c([N+](=O)[O-])c2)CC1C(=O)O. The summed E-state index contributed by atoms with van der Waals surface area (Å²) in [4.78, 5) is 34.9. The van der Waals surface area contributed by atoms with Crippen molar-refractivity contribution >= 4 is 29.2 Å². The van der Waals surface area contributed by atoms with Gasteiger partial charge in [0, 0.05) is 24.7 Å². The van der Waals surface area contributed by atoms with Gasteiger partial charge in [-0.3, -0.25) is 19.7 Å². The van der Waals surface area contributed by atoms with Crippen molar-refractivity contribution in [3.63, 3.8) is 0 Å². The Hall–Kier alpha value is -2.15. The molecule has 112 valence electrons. The van der Waals surface area contributed by atoms with E-state index in [1.165, 1.54) is 17.0 Å². The first kappa shape index (κ1) is 15.2. The van der Waals surface area contributed by atoms with Crippen molar-refractivity contribution in [1.29, 1.82) is 0 Å². The number of amides is 1. The Morgan fingerprint density at radius 3 is 2.62 bits per heavy atom. The average molecular weight is 313 g/mol. The van der Waals surface area contributed by atoms with E-state index in [4.69, 9.17) is 16.7 Å². The zero-order valence-corrected chi connectivity index (χ0v) is 11.9. The van der Waals surface area contributed by atoms with Crippen LogP contribution in [0.1, 0.15) is 17.3 Å². The highest BCUT2D eigenvalue weighted by Gasteiger charge is 2.37. The summed E-state index contributed by atoms with van der Waals surface area (Å²) in [6.45, 7) is 2.17. The lowest BCUT2D eigenvalue weighted by molar-refractivity contribution is -0.384. The van der Waals surface area contributed by atoms with Crippen molar-refractivity contribution in [2.75, 3.05) is 13.1 Å². The van der Waals surface area contributed by atoms with E-state index in [0.717, 1.165) is 6.07 Å². The largest absolute Gasteiger partial charge is 0.481 e. The Kier molecular flexibility index (Phi) is 4.13. The third-order valence-corrected chi connectivity index (χ3v) is 3.93. The molecule has 1 fully saturated rings. The fourth-order valence-corrected chi connectivity index (χ4v) is 2.61. The van der Waals surface area contributed by atoms with Gasteiger partial charge in [-0.05, 0) is 18.1 Å². The van der Waals surface area contributed by atoms with Crippen LogP contribution in [0.5, 0.6) is 0 Å². The molecule has 0 saturated carbocycles. The summed E-state index contributed by atoms with van der Waals surface area (Å²) in [5.41, 5.74) is -0.214. The molecule has 0 bridgehead atoms. The summed E-state index contributed by atoms with van der Waals surface area (Å²) in [5.74, 6) is -2.14. The van der Waals surface area contributed by atoms with Gasteiger partial charge in [0.25, 0.3) is 11.6 Å². The molecule has 2 unspecified atom stereocenters. The van der Waals surface area contributed by atoms with Crippen LogP contribution in [0, 0.1) is 22.0 Å². The minimum Gasteiger partial charge on any atom is -0.481 e. The fraction of sp³-hybridized carbons (Fsp3) is 0.385. The van der Waals surface area contributed by atoms with E-state index in [9.17, 15) is 19.7 Å². The van der Waals surface area contributed by atoms with E-state index in [0.29, 0.717) is 6.54 Å². The molecule has 0 radical (unpaired) electrons. The van der Waals surface area contributed by atoms with E-state index >= 15 is 0 Å². The molecule has 0 aromatic heterocycles. The molecule has 8 heteroatoms. The maximum Gasteiger partial charge on any atom is 0.308 e. The second kappa shape index (κ2) is 5.69. The normalized spacial score (nSPS) is 21.3. The van der Waals surface area contributed by atoms with Gasteiger partial charge in [-0.1, -0.05) is 18.5 Å². The van der Waals surface area contributed by atoms with Gasteiger partial charge < -0.3 is 10.0 Å². The lowest BCUT2D eigenvalue weighted by Crippen LogP contribution is -2.29. The number of nitro benzene ring substituents is 1. The topological polar surface area (TPSA) is 101 Å². The van der Waals surface area contributed by atoms with E-state index in [1.807, 2.05) is 0 Å². The zero-order valence-electron chi connectivity index (χ0n) is 11.2. The highest BCUT2D eigenvalue weighted by Crippen LogP contribution is 2.28. The second-order valence-electron chi connectivity index (χ2n) is 5.06. The van der Waals surface area contributed by atoms with Gasteiger partial charge in [-0.25, -0.2) is 0 Å². The van der Waals surface area contributed by atoms with Crippen LogP contribution in [0.15, 0.2) is 18.2 Å². The number of rotatable bonds is 3. The van der Waals surface area contributed by atoms with E-state index < -0.39 is 22.7 Å². The number of carbonyl (C=O) groups excluding carboxylic acids is 1. The Balaban J connectivity index is 2.24.